The summed E-state index contributed by atoms with van der Waals surface area (Å²) in [6, 6.07) is 10.5. The highest BCUT2D eigenvalue weighted by atomic mass is 19.1. The predicted molar refractivity (Wildman–Crippen MR) is 70.0 cm³/mol. The first-order chi connectivity index (χ1) is 9.02. The van der Waals surface area contributed by atoms with Crippen LogP contribution in [0.4, 0.5) is 25.8 Å². The molecule has 0 heterocycles. The summed E-state index contributed by atoms with van der Waals surface area (Å²) in [5.74, 6) is -1.46. The molecule has 0 aromatic heterocycles. The number of nitrogen functional groups attached to an aromatic ring is 1. The first kappa shape index (κ1) is 12.8. The van der Waals surface area contributed by atoms with E-state index >= 15 is 0 Å². The number of benzene rings is 2. The van der Waals surface area contributed by atoms with Crippen LogP contribution in [0.2, 0.25) is 0 Å². The zero-order chi connectivity index (χ0) is 14.0. The van der Waals surface area contributed by atoms with Crippen LogP contribution in [-0.2, 0) is 0 Å². The Bertz CT molecular complexity index is 622. The molecule has 0 amide bonds. The average Bonchev–Trinajstić information content (AvgIpc) is 2.37. The number of hydrogen-bond acceptors (Lipinski definition) is 3. The second kappa shape index (κ2) is 4.94. The molecule has 2 rings (SSSR count). The summed E-state index contributed by atoms with van der Waals surface area (Å²) in [7, 11) is 1.54. The van der Waals surface area contributed by atoms with E-state index in [0.717, 1.165) is 12.1 Å². The highest BCUT2D eigenvalue weighted by Gasteiger charge is 2.16. The van der Waals surface area contributed by atoms with Crippen LogP contribution in [0, 0.1) is 23.0 Å². The van der Waals surface area contributed by atoms with Gasteiger partial charge in [-0.05, 0) is 36.4 Å². The molecule has 0 bridgehead atoms. The van der Waals surface area contributed by atoms with E-state index < -0.39 is 11.6 Å². The number of hydrogen-bond donors (Lipinski definition) is 1. The van der Waals surface area contributed by atoms with Gasteiger partial charge in [0.25, 0.3) is 0 Å². The molecule has 5 heteroatoms. The van der Waals surface area contributed by atoms with Crippen LogP contribution in [0.15, 0.2) is 36.4 Å². The molecule has 0 saturated heterocycles. The molecule has 0 unspecified atom stereocenters. The molecule has 2 N–H and O–H groups in total. The van der Waals surface area contributed by atoms with Gasteiger partial charge in [0.15, 0.2) is 11.6 Å². The molecular weight excluding hydrogens is 248 g/mol. The number of nitrogens with two attached hydrogens (primary N) is 1. The quantitative estimate of drug-likeness (QED) is 0.843. The number of nitrogens with zero attached hydrogens (tertiary/aromatic N) is 2. The second-order valence-corrected chi connectivity index (χ2v) is 4.05. The van der Waals surface area contributed by atoms with Gasteiger partial charge in [0.2, 0.25) is 0 Å². The van der Waals surface area contributed by atoms with Crippen molar-refractivity contribution in [2.75, 3.05) is 17.7 Å². The Balaban J connectivity index is 2.44. The molecule has 0 atom stereocenters. The van der Waals surface area contributed by atoms with Crippen molar-refractivity contribution in [1.29, 1.82) is 5.26 Å². The maximum absolute atomic E-state index is 13.8. The SMILES string of the molecule is CN(c1ccc(C#N)cc1)c1c(F)cc(N)cc1F. The first-order valence-corrected chi connectivity index (χ1v) is 5.51. The van der Waals surface area contributed by atoms with Crippen LogP contribution in [0.5, 0.6) is 0 Å². The molecular formula is C14H11F2N3. The van der Waals surface area contributed by atoms with Gasteiger partial charge in [-0.1, -0.05) is 0 Å². The lowest BCUT2D eigenvalue weighted by molar-refractivity contribution is 0.585. The number of halogens is 2. The van der Waals surface area contributed by atoms with E-state index in [1.807, 2.05) is 6.07 Å². The van der Waals surface area contributed by atoms with Crippen molar-refractivity contribution < 1.29 is 8.78 Å². The van der Waals surface area contributed by atoms with Gasteiger partial charge in [-0.2, -0.15) is 5.26 Å². The Morgan fingerprint density at radius 2 is 1.63 bits per heavy atom. The van der Waals surface area contributed by atoms with Gasteiger partial charge in [0.05, 0.1) is 11.6 Å². The van der Waals surface area contributed by atoms with Crippen molar-refractivity contribution in [2.24, 2.45) is 0 Å². The number of rotatable bonds is 2. The third-order valence-electron chi connectivity index (χ3n) is 2.76. The predicted octanol–water partition coefficient (Wildman–Crippen LogP) is 3.19. The molecule has 0 spiro atoms. The van der Waals surface area contributed by atoms with Crippen LogP contribution in [0.3, 0.4) is 0 Å². The Morgan fingerprint density at radius 1 is 1.11 bits per heavy atom. The zero-order valence-electron chi connectivity index (χ0n) is 10.2. The van der Waals surface area contributed by atoms with Crippen molar-refractivity contribution in [3.63, 3.8) is 0 Å². The molecule has 0 aliphatic heterocycles. The molecule has 2 aromatic carbocycles. The summed E-state index contributed by atoms with van der Waals surface area (Å²) in [5, 5.41) is 8.71. The normalized spacial score (nSPS) is 10.0. The summed E-state index contributed by atoms with van der Waals surface area (Å²) in [6.07, 6.45) is 0. The Kier molecular flexibility index (Phi) is 3.34. The van der Waals surface area contributed by atoms with Gasteiger partial charge in [-0.15, -0.1) is 0 Å². The highest BCUT2D eigenvalue weighted by molar-refractivity contribution is 5.66. The van der Waals surface area contributed by atoms with E-state index in [1.165, 1.54) is 4.90 Å². The third-order valence-corrected chi connectivity index (χ3v) is 2.76. The molecule has 2 aromatic rings. The molecule has 0 saturated carbocycles. The molecule has 19 heavy (non-hydrogen) atoms. The smallest absolute Gasteiger partial charge is 0.151 e. The topological polar surface area (TPSA) is 53.0 Å². The first-order valence-electron chi connectivity index (χ1n) is 5.51. The van der Waals surface area contributed by atoms with Crippen molar-refractivity contribution in [1.82, 2.24) is 0 Å². The minimum atomic E-state index is -0.732. The van der Waals surface area contributed by atoms with Crippen LogP contribution in [0.25, 0.3) is 0 Å². The van der Waals surface area contributed by atoms with Crippen molar-refractivity contribution in [3.8, 4) is 6.07 Å². The van der Waals surface area contributed by atoms with Crippen LogP contribution in [0.1, 0.15) is 5.56 Å². The summed E-state index contributed by atoms with van der Waals surface area (Å²) < 4.78 is 27.6. The maximum Gasteiger partial charge on any atom is 0.151 e. The minimum absolute atomic E-state index is 0.0342. The standard InChI is InChI=1S/C14H11F2N3/c1-19(11-4-2-9(8-17)3-5-11)14-12(15)6-10(18)7-13(14)16/h2-7H,18H2,1H3. The van der Waals surface area contributed by atoms with E-state index in [2.05, 4.69) is 0 Å². The lowest BCUT2D eigenvalue weighted by Crippen LogP contribution is -2.13. The van der Waals surface area contributed by atoms with E-state index in [9.17, 15) is 8.78 Å². The fourth-order valence-electron chi connectivity index (χ4n) is 1.79. The maximum atomic E-state index is 13.8. The second-order valence-electron chi connectivity index (χ2n) is 4.05. The van der Waals surface area contributed by atoms with Gasteiger partial charge >= 0.3 is 0 Å². The lowest BCUT2D eigenvalue weighted by Gasteiger charge is -2.21. The molecule has 3 nitrogen and oxygen atoms in total. The lowest BCUT2D eigenvalue weighted by atomic mass is 10.2. The Hall–Kier alpha value is -2.61. The van der Waals surface area contributed by atoms with E-state index in [1.54, 1.807) is 31.3 Å². The largest absolute Gasteiger partial charge is 0.399 e. The van der Waals surface area contributed by atoms with E-state index in [4.69, 9.17) is 11.0 Å². The average molecular weight is 259 g/mol. The summed E-state index contributed by atoms with van der Waals surface area (Å²) >= 11 is 0. The van der Waals surface area contributed by atoms with Gasteiger partial charge in [0.1, 0.15) is 5.69 Å². The fraction of sp³-hybridized carbons (Fsp3) is 0.0714. The van der Waals surface area contributed by atoms with Crippen LogP contribution < -0.4 is 10.6 Å². The van der Waals surface area contributed by atoms with Gasteiger partial charge in [0, 0.05) is 18.4 Å². The van der Waals surface area contributed by atoms with Crippen molar-refractivity contribution in [2.45, 2.75) is 0 Å². The monoisotopic (exact) mass is 259 g/mol. The molecule has 96 valence electrons. The molecule has 0 radical (unpaired) electrons. The van der Waals surface area contributed by atoms with E-state index in [-0.39, 0.29) is 11.4 Å². The van der Waals surface area contributed by atoms with Crippen LogP contribution >= 0.6 is 0 Å². The van der Waals surface area contributed by atoms with Gasteiger partial charge < -0.3 is 10.6 Å². The minimum Gasteiger partial charge on any atom is -0.399 e. The van der Waals surface area contributed by atoms with Crippen molar-refractivity contribution in [3.05, 3.63) is 53.6 Å². The van der Waals surface area contributed by atoms with Crippen molar-refractivity contribution >= 4 is 17.1 Å². The number of nitriles is 1. The third kappa shape index (κ3) is 2.47. The highest BCUT2D eigenvalue weighted by Crippen LogP contribution is 2.30. The Morgan fingerprint density at radius 3 is 2.11 bits per heavy atom. The summed E-state index contributed by atoms with van der Waals surface area (Å²) in [4.78, 5) is 1.37. The molecule has 0 aliphatic carbocycles. The zero-order valence-corrected chi connectivity index (χ0v) is 10.2. The molecule has 0 fully saturated rings. The molecule has 0 aliphatic rings. The summed E-state index contributed by atoms with van der Waals surface area (Å²) in [5.41, 5.74) is 6.28. The van der Waals surface area contributed by atoms with Gasteiger partial charge in [-0.25, -0.2) is 8.78 Å². The van der Waals surface area contributed by atoms with Gasteiger partial charge in [-0.3, -0.25) is 0 Å². The fourth-order valence-corrected chi connectivity index (χ4v) is 1.79. The van der Waals surface area contributed by atoms with Crippen LogP contribution in [-0.4, -0.2) is 7.05 Å². The Labute approximate surface area is 109 Å². The number of anilines is 3. The van der Waals surface area contributed by atoms with E-state index in [0.29, 0.717) is 11.3 Å². The summed E-state index contributed by atoms with van der Waals surface area (Å²) in [6.45, 7) is 0.